The van der Waals surface area contributed by atoms with E-state index in [1.165, 1.54) is 7.11 Å². The van der Waals surface area contributed by atoms with Gasteiger partial charge in [0.05, 0.1) is 13.2 Å². The molecule has 5 unspecified atom stereocenters. The van der Waals surface area contributed by atoms with Crippen LogP contribution >= 0.6 is 0 Å². The van der Waals surface area contributed by atoms with E-state index in [1.807, 2.05) is 54.6 Å². The third-order valence-corrected chi connectivity index (χ3v) is 9.43. The molecular weight excluding hydrogens is 612 g/mol. The molecule has 2 aromatic carbocycles. The van der Waals surface area contributed by atoms with Crippen LogP contribution in [0.25, 0.3) is 10.9 Å². The van der Waals surface area contributed by atoms with E-state index in [0.717, 1.165) is 22.0 Å². The number of hydrogen-bond acceptors (Lipinski definition) is 7. The van der Waals surface area contributed by atoms with Crippen molar-refractivity contribution in [3.8, 4) is 0 Å². The third-order valence-electron chi connectivity index (χ3n) is 9.43. The van der Waals surface area contributed by atoms with Gasteiger partial charge in [0, 0.05) is 36.6 Å². The van der Waals surface area contributed by atoms with Gasteiger partial charge in [0.2, 0.25) is 23.6 Å². The number of carbonyl (C=O) groups excluding carboxylic acids is 5. The fourth-order valence-corrected chi connectivity index (χ4v) is 6.83. The fraction of sp³-hybridized carbons (Fsp3) is 0.472. The maximum atomic E-state index is 14.0. The molecule has 2 aliphatic heterocycles. The average Bonchev–Trinajstić information content (AvgIpc) is 3.86. The normalized spacial score (nSPS) is 19.6. The Morgan fingerprint density at radius 2 is 1.56 bits per heavy atom. The minimum absolute atomic E-state index is 0.151. The van der Waals surface area contributed by atoms with Crippen molar-refractivity contribution in [3.63, 3.8) is 0 Å². The minimum Gasteiger partial charge on any atom is -0.467 e. The average molecular weight is 659 g/mol. The smallest absolute Gasteiger partial charge is 0.328 e. The van der Waals surface area contributed by atoms with Crippen molar-refractivity contribution in [2.45, 2.75) is 82.6 Å². The van der Waals surface area contributed by atoms with E-state index >= 15 is 0 Å². The molecule has 0 spiro atoms. The number of ether oxygens (including phenoxy) is 1. The van der Waals surface area contributed by atoms with Crippen LogP contribution in [0, 0.1) is 5.92 Å². The first-order chi connectivity index (χ1) is 23.1. The lowest BCUT2D eigenvalue weighted by atomic mass is 10.0. The van der Waals surface area contributed by atoms with Crippen molar-refractivity contribution in [2.75, 3.05) is 20.2 Å². The highest BCUT2D eigenvalue weighted by Gasteiger charge is 2.43. The molecule has 3 aromatic rings. The van der Waals surface area contributed by atoms with Gasteiger partial charge in [-0.15, -0.1) is 0 Å². The summed E-state index contributed by atoms with van der Waals surface area (Å²) in [7, 11) is 1.26. The van der Waals surface area contributed by atoms with Gasteiger partial charge in [-0.25, -0.2) is 4.79 Å². The Morgan fingerprint density at radius 3 is 2.27 bits per heavy atom. The lowest BCUT2D eigenvalue weighted by Gasteiger charge is -2.32. The zero-order valence-electron chi connectivity index (χ0n) is 27.8. The molecule has 5 N–H and O–H groups in total. The molecule has 5 rings (SSSR count). The number of fused-ring (bicyclic) bond motifs is 1. The Hall–Kier alpha value is -4.71. The molecule has 5 atom stereocenters. The van der Waals surface area contributed by atoms with Crippen LogP contribution in [-0.2, 0) is 41.6 Å². The van der Waals surface area contributed by atoms with E-state index in [4.69, 9.17) is 10.5 Å². The highest BCUT2D eigenvalue weighted by Crippen LogP contribution is 2.26. The van der Waals surface area contributed by atoms with Gasteiger partial charge < -0.3 is 35.9 Å². The van der Waals surface area contributed by atoms with E-state index < -0.39 is 48.0 Å². The first-order valence-corrected chi connectivity index (χ1v) is 16.7. The molecule has 4 amide bonds. The number of H-pyrrole nitrogens is 1. The van der Waals surface area contributed by atoms with Crippen molar-refractivity contribution < 1.29 is 28.7 Å². The Bertz CT molecular complexity index is 1620. The number of esters is 1. The molecular formula is C36H46N6O6. The van der Waals surface area contributed by atoms with Crippen LogP contribution in [0.15, 0.2) is 60.8 Å². The fourth-order valence-electron chi connectivity index (χ4n) is 6.83. The van der Waals surface area contributed by atoms with Gasteiger partial charge in [-0.2, -0.15) is 0 Å². The molecule has 0 bridgehead atoms. The van der Waals surface area contributed by atoms with E-state index in [2.05, 4.69) is 15.6 Å². The van der Waals surface area contributed by atoms with Crippen LogP contribution in [0.3, 0.4) is 0 Å². The molecule has 0 radical (unpaired) electrons. The maximum Gasteiger partial charge on any atom is 0.328 e. The van der Waals surface area contributed by atoms with Crippen molar-refractivity contribution in [1.29, 1.82) is 0 Å². The van der Waals surface area contributed by atoms with Crippen molar-refractivity contribution >= 4 is 40.5 Å². The number of para-hydroxylation sites is 1. The molecule has 0 aliphatic carbocycles. The molecule has 256 valence electrons. The first-order valence-electron chi connectivity index (χ1n) is 16.7. The number of nitrogens with two attached hydrogens (primary N) is 1. The van der Waals surface area contributed by atoms with Crippen LogP contribution in [0.5, 0.6) is 0 Å². The quantitative estimate of drug-likeness (QED) is 0.216. The van der Waals surface area contributed by atoms with Crippen LogP contribution in [-0.4, -0.2) is 94.8 Å². The van der Waals surface area contributed by atoms with Gasteiger partial charge in [0.25, 0.3) is 0 Å². The minimum atomic E-state index is -1.04. The summed E-state index contributed by atoms with van der Waals surface area (Å²) < 4.78 is 4.91. The number of methoxy groups -OCH3 is 1. The van der Waals surface area contributed by atoms with Gasteiger partial charge in [-0.3, -0.25) is 19.2 Å². The SMILES string of the molecule is COC(=O)C(NC(=O)C(Cc1c[nH]c2ccccc12)NC(=O)C1CCCN1C(=O)C1CCCN1C(=O)C(N)Cc1ccccc1)C(C)C. The van der Waals surface area contributed by atoms with Crippen LogP contribution in [0.4, 0.5) is 0 Å². The second-order valence-corrected chi connectivity index (χ2v) is 13.1. The summed E-state index contributed by atoms with van der Waals surface area (Å²) >= 11 is 0. The number of nitrogens with zero attached hydrogens (tertiary/aromatic N) is 2. The van der Waals surface area contributed by atoms with Gasteiger partial charge in [0.15, 0.2) is 0 Å². The second-order valence-electron chi connectivity index (χ2n) is 13.1. The number of aromatic nitrogens is 1. The topological polar surface area (TPSA) is 167 Å². The van der Waals surface area contributed by atoms with E-state index in [9.17, 15) is 24.0 Å². The number of likely N-dealkylation sites (tertiary alicyclic amines) is 2. The van der Waals surface area contributed by atoms with Crippen molar-refractivity contribution in [1.82, 2.24) is 25.4 Å². The summed E-state index contributed by atoms with van der Waals surface area (Å²) in [6, 6.07) is 12.9. The molecule has 12 heteroatoms. The predicted molar refractivity (Wildman–Crippen MR) is 180 cm³/mol. The van der Waals surface area contributed by atoms with Crippen LogP contribution < -0.4 is 16.4 Å². The van der Waals surface area contributed by atoms with Gasteiger partial charge in [0.1, 0.15) is 24.2 Å². The summed E-state index contributed by atoms with van der Waals surface area (Å²) in [4.78, 5) is 73.9. The highest BCUT2D eigenvalue weighted by molar-refractivity contribution is 5.96. The van der Waals surface area contributed by atoms with E-state index in [0.29, 0.717) is 45.2 Å². The third kappa shape index (κ3) is 7.70. The molecule has 12 nitrogen and oxygen atoms in total. The Labute approximate surface area is 280 Å². The number of rotatable bonds is 12. The Kier molecular flexibility index (Phi) is 11.2. The zero-order chi connectivity index (χ0) is 34.4. The summed E-state index contributed by atoms with van der Waals surface area (Å²) in [6.45, 7) is 4.38. The van der Waals surface area contributed by atoms with Gasteiger partial charge in [-0.1, -0.05) is 62.4 Å². The van der Waals surface area contributed by atoms with Crippen molar-refractivity contribution in [3.05, 3.63) is 71.9 Å². The largest absolute Gasteiger partial charge is 0.467 e. The summed E-state index contributed by atoms with van der Waals surface area (Å²) in [5.74, 6) is -2.40. The summed E-state index contributed by atoms with van der Waals surface area (Å²) in [5, 5.41) is 6.59. The van der Waals surface area contributed by atoms with Crippen LogP contribution in [0.1, 0.15) is 50.7 Å². The zero-order valence-corrected chi connectivity index (χ0v) is 27.8. The molecule has 48 heavy (non-hydrogen) atoms. The molecule has 2 aliphatic rings. The summed E-state index contributed by atoms with van der Waals surface area (Å²) in [5.41, 5.74) is 8.97. The summed E-state index contributed by atoms with van der Waals surface area (Å²) in [6.07, 6.45) is 4.49. The molecule has 2 saturated heterocycles. The predicted octanol–water partition coefficient (Wildman–Crippen LogP) is 2.06. The number of hydrogen-bond donors (Lipinski definition) is 4. The first kappa shape index (κ1) is 34.6. The van der Waals surface area contributed by atoms with Crippen molar-refractivity contribution in [2.24, 2.45) is 11.7 Å². The monoisotopic (exact) mass is 658 g/mol. The molecule has 0 saturated carbocycles. The maximum absolute atomic E-state index is 14.0. The molecule has 3 heterocycles. The number of amides is 4. The number of benzene rings is 2. The highest BCUT2D eigenvalue weighted by atomic mass is 16.5. The lowest BCUT2D eigenvalue weighted by Crippen LogP contribution is -2.58. The second kappa shape index (κ2) is 15.5. The number of aromatic amines is 1. The lowest BCUT2D eigenvalue weighted by molar-refractivity contribution is -0.148. The van der Waals surface area contributed by atoms with E-state index in [1.54, 1.807) is 29.8 Å². The molecule has 1 aromatic heterocycles. The van der Waals surface area contributed by atoms with E-state index in [-0.39, 0.29) is 24.2 Å². The number of carbonyl (C=O) groups is 5. The Balaban J connectivity index is 1.31. The Morgan fingerprint density at radius 1 is 0.896 bits per heavy atom. The molecule has 2 fully saturated rings. The standard InChI is InChI=1S/C36H46N6O6/c1-22(2)31(36(47)48-3)40-32(43)28(20-24-21-38-27-14-8-7-13-25(24)27)39-33(44)29-15-9-17-41(29)35(46)30-16-10-18-42(30)34(45)26(37)19-23-11-5-4-6-12-23/h4-8,11-14,21-22,26,28-31,38H,9-10,15-20,37H2,1-3H3,(H,39,44)(H,40,43). The number of nitrogens with one attached hydrogen (secondary N) is 3. The van der Waals surface area contributed by atoms with Crippen LogP contribution in [0.2, 0.25) is 0 Å². The van der Waals surface area contributed by atoms with Gasteiger partial charge in [-0.05, 0) is 55.2 Å². The van der Waals surface area contributed by atoms with Gasteiger partial charge >= 0.3 is 5.97 Å².